The topological polar surface area (TPSA) is 0 Å². The zero-order valence-corrected chi connectivity index (χ0v) is 12.4. The van der Waals surface area contributed by atoms with Crippen LogP contribution in [-0.4, -0.2) is 0 Å². The maximum absolute atomic E-state index is 8.29. The molecule has 0 aromatic heterocycles. The molecule has 0 amide bonds. The standard InChI is InChI=1S/C20H19P/c1-2-17-11-9-10-16-20(17)21(18-12-5-3-6-13-18)19-14-7-4-8-15-19/h3-16H,2H2,1H3/i1D3,2D2. The van der Waals surface area contributed by atoms with E-state index >= 15 is 0 Å². The summed E-state index contributed by atoms with van der Waals surface area (Å²) in [5.74, 6) is 0. The van der Waals surface area contributed by atoms with Crippen LogP contribution in [0.2, 0.25) is 0 Å². The van der Waals surface area contributed by atoms with Crippen molar-refractivity contribution in [3.8, 4) is 0 Å². The van der Waals surface area contributed by atoms with Crippen molar-refractivity contribution >= 4 is 23.8 Å². The second-order valence-corrected chi connectivity index (χ2v) is 6.83. The van der Waals surface area contributed by atoms with Crippen LogP contribution in [0.1, 0.15) is 19.3 Å². The van der Waals surface area contributed by atoms with Gasteiger partial charge in [0.1, 0.15) is 0 Å². The second-order valence-electron chi connectivity index (χ2n) is 4.65. The molecule has 0 aliphatic heterocycles. The summed E-state index contributed by atoms with van der Waals surface area (Å²) in [4.78, 5) is 0. The van der Waals surface area contributed by atoms with Crippen molar-refractivity contribution < 1.29 is 6.85 Å². The average Bonchev–Trinajstić information content (AvgIpc) is 2.63. The first-order chi connectivity index (χ1) is 12.3. The minimum absolute atomic E-state index is 0.235. The zero-order chi connectivity index (χ0) is 18.8. The van der Waals surface area contributed by atoms with E-state index in [0.717, 1.165) is 15.9 Å². The summed E-state index contributed by atoms with van der Waals surface area (Å²) in [6.07, 6.45) is -2.42. The van der Waals surface area contributed by atoms with Crippen LogP contribution in [-0.2, 0) is 6.37 Å². The average molecular weight is 295 g/mol. The van der Waals surface area contributed by atoms with E-state index in [9.17, 15) is 0 Å². The van der Waals surface area contributed by atoms with Gasteiger partial charge in [-0.3, -0.25) is 0 Å². The fourth-order valence-electron chi connectivity index (χ4n) is 2.36. The molecule has 0 atom stereocenters. The molecule has 3 aromatic rings. The Morgan fingerprint density at radius 1 is 0.762 bits per heavy atom. The van der Waals surface area contributed by atoms with Gasteiger partial charge in [-0.05, 0) is 35.8 Å². The smallest absolute Gasteiger partial charge is 0.0313 e. The van der Waals surface area contributed by atoms with Crippen molar-refractivity contribution in [2.24, 2.45) is 0 Å². The number of benzene rings is 3. The first-order valence-corrected chi connectivity index (χ1v) is 8.16. The molecule has 0 unspecified atom stereocenters. The van der Waals surface area contributed by atoms with Crippen LogP contribution >= 0.6 is 7.92 Å². The van der Waals surface area contributed by atoms with Gasteiger partial charge < -0.3 is 0 Å². The number of aryl methyl sites for hydroxylation is 1. The van der Waals surface area contributed by atoms with Crippen molar-refractivity contribution in [3.05, 3.63) is 90.5 Å². The second kappa shape index (κ2) is 6.70. The van der Waals surface area contributed by atoms with E-state index in [4.69, 9.17) is 6.85 Å². The Morgan fingerprint density at radius 3 is 1.86 bits per heavy atom. The largest absolute Gasteiger partial charge is 0.0622 e. The lowest BCUT2D eigenvalue weighted by molar-refractivity contribution is 1.15. The molecule has 0 bridgehead atoms. The van der Waals surface area contributed by atoms with Crippen LogP contribution in [0, 0.1) is 0 Å². The highest BCUT2D eigenvalue weighted by Gasteiger charge is 2.18. The summed E-state index contributed by atoms with van der Waals surface area (Å²) >= 11 is 0. The molecule has 3 rings (SSSR count). The van der Waals surface area contributed by atoms with Crippen LogP contribution in [0.15, 0.2) is 84.9 Å². The van der Waals surface area contributed by atoms with E-state index in [-0.39, 0.29) is 5.56 Å². The Labute approximate surface area is 135 Å². The highest BCUT2D eigenvalue weighted by molar-refractivity contribution is 7.79. The van der Waals surface area contributed by atoms with Gasteiger partial charge in [-0.1, -0.05) is 91.8 Å². The maximum Gasteiger partial charge on any atom is 0.0313 e. The summed E-state index contributed by atoms with van der Waals surface area (Å²) in [6.45, 7) is -2.74. The molecule has 0 heterocycles. The van der Waals surface area contributed by atoms with Crippen LogP contribution in [0.3, 0.4) is 0 Å². The van der Waals surface area contributed by atoms with Crippen molar-refractivity contribution in [2.45, 2.75) is 13.2 Å². The number of rotatable bonds is 4. The van der Waals surface area contributed by atoms with Crippen molar-refractivity contribution in [3.63, 3.8) is 0 Å². The molecule has 0 aliphatic rings. The van der Waals surface area contributed by atoms with E-state index in [0.29, 0.717) is 0 Å². The Kier molecular flexibility index (Phi) is 2.93. The molecule has 21 heavy (non-hydrogen) atoms. The maximum atomic E-state index is 8.29. The molecule has 3 aromatic carbocycles. The molecule has 0 spiro atoms. The number of hydrogen-bond donors (Lipinski definition) is 0. The Bertz CT molecular complexity index is 821. The lowest BCUT2D eigenvalue weighted by Crippen LogP contribution is -2.22. The van der Waals surface area contributed by atoms with Gasteiger partial charge in [0.2, 0.25) is 0 Å². The SMILES string of the molecule is [2H]C([2H])([2H])C([2H])([2H])c1ccccc1P(c1ccccc1)c1ccccc1. The quantitative estimate of drug-likeness (QED) is 0.638. The van der Waals surface area contributed by atoms with Crippen LogP contribution < -0.4 is 15.9 Å². The van der Waals surface area contributed by atoms with Crippen LogP contribution in [0.25, 0.3) is 0 Å². The summed E-state index contributed by atoms with van der Waals surface area (Å²) in [5.41, 5.74) is 0.235. The molecule has 1 heteroatoms. The lowest BCUT2D eigenvalue weighted by Gasteiger charge is -2.21. The van der Waals surface area contributed by atoms with Gasteiger partial charge in [0.25, 0.3) is 0 Å². The van der Waals surface area contributed by atoms with Gasteiger partial charge in [0, 0.05) is 6.85 Å². The molecule has 0 fully saturated rings. The van der Waals surface area contributed by atoms with Gasteiger partial charge in [0.05, 0.1) is 0 Å². The number of hydrogen-bond acceptors (Lipinski definition) is 0. The van der Waals surface area contributed by atoms with E-state index in [1.807, 2.05) is 72.8 Å². The Balaban J connectivity index is 2.24. The zero-order valence-electron chi connectivity index (χ0n) is 16.5. The van der Waals surface area contributed by atoms with Crippen molar-refractivity contribution in [1.29, 1.82) is 0 Å². The summed E-state index contributed by atoms with van der Waals surface area (Å²) < 4.78 is 39.6. The molecule has 0 saturated heterocycles. The highest BCUT2D eigenvalue weighted by atomic mass is 31.1. The lowest BCUT2D eigenvalue weighted by atomic mass is 10.2. The molecule has 104 valence electrons. The van der Waals surface area contributed by atoms with Crippen LogP contribution in [0.5, 0.6) is 0 Å². The van der Waals surface area contributed by atoms with Gasteiger partial charge in [-0.25, -0.2) is 0 Å². The summed E-state index contributed by atoms with van der Waals surface area (Å²) in [6, 6.07) is 26.7. The summed E-state index contributed by atoms with van der Waals surface area (Å²) in [5, 5.41) is 2.85. The van der Waals surface area contributed by atoms with Crippen LogP contribution in [0.4, 0.5) is 0 Å². The molecule has 0 N–H and O–H groups in total. The van der Waals surface area contributed by atoms with Gasteiger partial charge in [-0.15, -0.1) is 0 Å². The summed E-state index contributed by atoms with van der Waals surface area (Å²) in [7, 11) is -1.07. The molecular formula is C20H19P. The van der Waals surface area contributed by atoms with E-state index in [1.54, 1.807) is 12.1 Å². The molecule has 0 radical (unpaired) electrons. The normalized spacial score (nSPS) is 15.6. The van der Waals surface area contributed by atoms with Gasteiger partial charge in [0.15, 0.2) is 0 Å². The fraction of sp³-hybridized carbons (Fsp3) is 0.100. The molecule has 0 saturated carbocycles. The predicted molar refractivity (Wildman–Crippen MR) is 94.5 cm³/mol. The minimum Gasteiger partial charge on any atom is -0.0622 e. The third-order valence-electron chi connectivity index (χ3n) is 3.31. The predicted octanol–water partition coefficient (Wildman–Crippen LogP) is 4.01. The minimum atomic E-state index is -2.74. The van der Waals surface area contributed by atoms with E-state index < -0.39 is 21.1 Å². The van der Waals surface area contributed by atoms with E-state index in [1.165, 1.54) is 0 Å². The highest BCUT2D eigenvalue weighted by Crippen LogP contribution is 2.33. The molecular weight excluding hydrogens is 271 g/mol. The first kappa shape index (κ1) is 9.18. The monoisotopic (exact) mass is 295 g/mol. The Morgan fingerprint density at radius 2 is 1.29 bits per heavy atom. The van der Waals surface area contributed by atoms with Gasteiger partial charge >= 0.3 is 0 Å². The first-order valence-electron chi connectivity index (χ1n) is 9.32. The molecule has 0 aliphatic carbocycles. The van der Waals surface area contributed by atoms with Crippen molar-refractivity contribution in [1.82, 2.24) is 0 Å². The fourth-order valence-corrected chi connectivity index (χ4v) is 4.76. The third-order valence-corrected chi connectivity index (χ3v) is 5.81. The van der Waals surface area contributed by atoms with Crippen molar-refractivity contribution in [2.75, 3.05) is 0 Å². The molecule has 0 nitrogen and oxygen atoms in total. The Hall–Kier alpha value is -1.91. The van der Waals surface area contributed by atoms with Gasteiger partial charge in [-0.2, -0.15) is 0 Å². The third kappa shape index (κ3) is 3.06. The van der Waals surface area contributed by atoms with E-state index in [2.05, 4.69) is 0 Å².